The summed E-state index contributed by atoms with van der Waals surface area (Å²) in [4.78, 5) is 13.0. The number of nitriles is 1. The van der Waals surface area contributed by atoms with Gasteiger partial charge in [0.05, 0.1) is 6.54 Å². The molecular formula is C12H9BrN2OS. The second-order valence-corrected chi connectivity index (χ2v) is 5.53. The Morgan fingerprint density at radius 2 is 2.29 bits per heavy atom. The van der Waals surface area contributed by atoms with Gasteiger partial charge < -0.3 is 4.57 Å². The number of aromatic nitrogens is 1. The minimum Gasteiger partial charge on any atom is -0.307 e. The van der Waals surface area contributed by atoms with Crippen LogP contribution in [0.4, 0.5) is 0 Å². The molecule has 3 nitrogen and oxygen atoms in total. The first-order valence-electron chi connectivity index (χ1n) is 4.95. The zero-order chi connectivity index (χ0) is 12.4. The summed E-state index contributed by atoms with van der Waals surface area (Å²) in [5, 5.41) is 10.8. The van der Waals surface area contributed by atoms with Gasteiger partial charge in [0, 0.05) is 20.4 Å². The van der Waals surface area contributed by atoms with Crippen molar-refractivity contribution in [2.24, 2.45) is 0 Å². The van der Waals surface area contributed by atoms with E-state index in [0.717, 1.165) is 15.0 Å². The second kappa shape index (κ2) is 4.86. The monoisotopic (exact) mass is 308 g/mol. The highest BCUT2D eigenvalue weighted by Gasteiger charge is 2.07. The maximum absolute atomic E-state index is 12.0. The van der Waals surface area contributed by atoms with Crippen LogP contribution in [0.3, 0.4) is 0 Å². The molecule has 2 heterocycles. The van der Waals surface area contributed by atoms with Crippen molar-refractivity contribution in [2.45, 2.75) is 13.5 Å². The van der Waals surface area contributed by atoms with Crippen molar-refractivity contribution in [3.63, 3.8) is 0 Å². The fourth-order valence-corrected chi connectivity index (χ4v) is 2.98. The van der Waals surface area contributed by atoms with Crippen LogP contribution >= 0.6 is 27.3 Å². The third kappa shape index (κ3) is 2.48. The van der Waals surface area contributed by atoms with Crippen molar-refractivity contribution >= 4 is 27.3 Å². The van der Waals surface area contributed by atoms with Gasteiger partial charge >= 0.3 is 0 Å². The number of hydrogen-bond acceptors (Lipinski definition) is 3. The third-order valence-electron chi connectivity index (χ3n) is 2.45. The molecule has 17 heavy (non-hydrogen) atoms. The van der Waals surface area contributed by atoms with E-state index in [1.54, 1.807) is 28.0 Å². The standard InChI is InChI=1S/C12H9BrN2OS/c1-8-2-3-9(5-14)12(16)15(8)6-11-4-10(13)7-17-11/h2-4,7H,6H2,1H3. The Morgan fingerprint density at radius 1 is 1.53 bits per heavy atom. The molecule has 0 atom stereocenters. The first-order valence-corrected chi connectivity index (χ1v) is 6.62. The molecular weight excluding hydrogens is 300 g/mol. The second-order valence-electron chi connectivity index (χ2n) is 3.62. The lowest BCUT2D eigenvalue weighted by Crippen LogP contribution is -2.24. The molecule has 0 aliphatic heterocycles. The number of halogens is 1. The molecule has 0 unspecified atom stereocenters. The first-order chi connectivity index (χ1) is 8.11. The fourth-order valence-electron chi connectivity index (χ4n) is 1.54. The van der Waals surface area contributed by atoms with Crippen molar-refractivity contribution in [1.82, 2.24) is 4.57 Å². The summed E-state index contributed by atoms with van der Waals surface area (Å²) < 4.78 is 2.64. The lowest BCUT2D eigenvalue weighted by molar-refractivity contribution is 0.736. The molecule has 86 valence electrons. The molecule has 0 aromatic carbocycles. The summed E-state index contributed by atoms with van der Waals surface area (Å²) in [6, 6.07) is 7.26. The highest BCUT2D eigenvalue weighted by atomic mass is 79.9. The average molecular weight is 309 g/mol. The van der Waals surface area contributed by atoms with E-state index in [2.05, 4.69) is 15.9 Å². The van der Waals surface area contributed by atoms with E-state index in [4.69, 9.17) is 5.26 Å². The van der Waals surface area contributed by atoms with Crippen LogP contribution in [0, 0.1) is 18.3 Å². The lowest BCUT2D eigenvalue weighted by Gasteiger charge is -2.08. The molecule has 2 aromatic heterocycles. The molecule has 0 radical (unpaired) electrons. The lowest BCUT2D eigenvalue weighted by atomic mass is 10.2. The molecule has 0 amide bonds. The van der Waals surface area contributed by atoms with Crippen LogP contribution in [-0.2, 0) is 6.54 Å². The van der Waals surface area contributed by atoms with E-state index in [1.807, 2.05) is 24.4 Å². The predicted octanol–water partition coefficient (Wildman–Crippen LogP) is 2.90. The Bertz CT molecular complexity index is 651. The van der Waals surface area contributed by atoms with Gasteiger partial charge in [0.25, 0.3) is 5.56 Å². The van der Waals surface area contributed by atoms with Crippen molar-refractivity contribution in [3.8, 4) is 6.07 Å². The van der Waals surface area contributed by atoms with Gasteiger partial charge in [-0.05, 0) is 41.1 Å². The number of nitrogens with zero attached hydrogens (tertiary/aromatic N) is 2. The Kier molecular flexibility index (Phi) is 3.46. The van der Waals surface area contributed by atoms with E-state index in [9.17, 15) is 4.79 Å². The molecule has 0 aliphatic rings. The van der Waals surface area contributed by atoms with E-state index in [0.29, 0.717) is 6.54 Å². The third-order valence-corrected chi connectivity index (χ3v) is 4.13. The van der Waals surface area contributed by atoms with Gasteiger partial charge in [-0.15, -0.1) is 11.3 Å². The van der Waals surface area contributed by atoms with Gasteiger partial charge in [0.2, 0.25) is 0 Å². The molecule has 0 aliphatic carbocycles. The molecule has 0 spiro atoms. The van der Waals surface area contributed by atoms with Gasteiger partial charge in [-0.2, -0.15) is 5.26 Å². The molecule has 0 saturated heterocycles. The zero-order valence-corrected chi connectivity index (χ0v) is 11.5. The molecule has 0 fully saturated rings. The summed E-state index contributed by atoms with van der Waals surface area (Å²) >= 11 is 4.97. The van der Waals surface area contributed by atoms with Crippen LogP contribution in [-0.4, -0.2) is 4.57 Å². The molecule has 5 heteroatoms. The largest absolute Gasteiger partial charge is 0.307 e. The van der Waals surface area contributed by atoms with E-state index >= 15 is 0 Å². The van der Waals surface area contributed by atoms with E-state index < -0.39 is 0 Å². The van der Waals surface area contributed by atoms with Gasteiger partial charge in [0.1, 0.15) is 11.6 Å². The topological polar surface area (TPSA) is 45.8 Å². The number of thiophene rings is 1. The average Bonchev–Trinajstić information content (AvgIpc) is 2.70. The first kappa shape index (κ1) is 12.1. The van der Waals surface area contributed by atoms with Crippen molar-refractivity contribution in [3.05, 3.63) is 54.5 Å². The van der Waals surface area contributed by atoms with Crippen LogP contribution < -0.4 is 5.56 Å². The zero-order valence-electron chi connectivity index (χ0n) is 9.11. The van der Waals surface area contributed by atoms with E-state index in [1.165, 1.54) is 0 Å². The molecule has 0 saturated carbocycles. The maximum atomic E-state index is 12.0. The molecule has 0 N–H and O–H groups in total. The highest BCUT2D eigenvalue weighted by molar-refractivity contribution is 9.10. The quantitative estimate of drug-likeness (QED) is 0.856. The van der Waals surface area contributed by atoms with Gasteiger partial charge in [-0.3, -0.25) is 4.79 Å². The van der Waals surface area contributed by atoms with Crippen molar-refractivity contribution < 1.29 is 0 Å². The van der Waals surface area contributed by atoms with Crippen molar-refractivity contribution in [2.75, 3.05) is 0 Å². The summed E-state index contributed by atoms with van der Waals surface area (Å²) in [6.45, 7) is 2.38. The SMILES string of the molecule is Cc1ccc(C#N)c(=O)n1Cc1cc(Br)cs1. The Balaban J connectivity index is 2.46. The molecule has 2 rings (SSSR count). The minimum absolute atomic E-state index is 0.186. The Labute approximate surface area is 111 Å². The van der Waals surface area contributed by atoms with Gasteiger partial charge in [-0.1, -0.05) is 0 Å². The fraction of sp³-hybridized carbons (Fsp3) is 0.167. The highest BCUT2D eigenvalue weighted by Crippen LogP contribution is 2.20. The Hall–Kier alpha value is -1.38. The van der Waals surface area contributed by atoms with Crippen LogP contribution in [0.2, 0.25) is 0 Å². The van der Waals surface area contributed by atoms with Crippen LogP contribution in [0.15, 0.2) is 32.8 Å². The van der Waals surface area contributed by atoms with Gasteiger partial charge in [0.15, 0.2) is 0 Å². The van der Waals surface area contributed by atoms with Crippen LogP contribution in [0.5, 0.6) is 0 Å². The number of rotatable bonds is 2. The maximum Gasteiger partial charge on any atom is 0.268 e. The molecule has 0 bridgehead atoms. The van der Waals surface area contributed by atoms with Crippen molar-refractivity contribution in [1.29, 1.82) is 5.26 Å². The predicted molar refractivity (Wildman–Crippen MR) is 71.3 cm³/mol. The molecule has 2 aromatic rings. The summed E-state index contributed by atoms with van der Waals surface area (Å²) in [7, 11) is 0. The number of aryl methyl sites for hydroxylation is 1. The summed E-state index contributed by atoms with van der Waals surface area (Å²) in [5.74, 6) is 0. The Morgan fingerprint density at radius 3 is 2.88 bits per heavy atom. The minimum atomic E-state index is -0.225. The van der Waals surface area contributed by atoms with E-state index in [-0.39, 0.29) is 11.1 Å². The number of hydrogen-bond donors (Lipinski definition) is 0. The summed E-state index contributed by atoms with van der Waals surface area (Å²) in [6.07, 6.45) is 0. The van der Waals surface area contributed by atoms with Gasteiger partial charge in [-0.25, -0.2) is 0 Å². The van der Waals surface area contributed by atoms with Crippen LogP contribution in [0.25, 0.3) is 0 Å². The number of pyridine rings is 1. The van der Waals surface area contributed by atoms with Crippen LogP contribution in [0.1, 0.15) is 16.1 Å². The summed E-state index contributed by atoms with van der Waals surface area (Å²) in [5.41, 5.74) is 0.821. The normalized spacial score (nSPS) is 10.2. The smallest absolute Gasteiger partial charge is 0.268 e.